The molecule has 10 heteroatoms. The molecule has 258 valence electrons. The van der Waals surface area contributed by atoms with Gasteiger partial charge in [0.25, 0.3) is 0 Å². The number of benzene rings is 2. The molecule has 0 unspecified atom stereocenters. The Kier molecular flexibility index (Phi) is 9.69. The number of esters is 1. The third-order valence-corrected chi connectivity index (χ3v) is 11.0. The van der Waals surface area contributed by atoms with Crippen LogP contribution >= 0.6 is 0 Å². The van der Waals surface area contributed by atoms with E-state index in [0.29, 0.717) is 24.9 Å². The minimum absolute atomic E-state index is 0.0274. The average Bonchev–Trinajstić information content (AvgIpc) is 3.78. The van der Waals surface area contributed by atoms with Crippen LogP contribution in [0.4, 0.5) is 0 Å². The minimum atomic E-state index is -1.40. The van der Waals surface area contributed by atoms with Crippen LogP contribution in [0.15, 0.2) is 85.0 Å². The topological polar surface area (TPSA) is 125 Å². The van der Waals surface area contributed by atoms with Crippen molar-refractivity contribution >= 4 is 23.7 Å². The van der Waals surface area contributed by atoms with Gasteiger partial charge in [0.05, 0.1) is 31.2 Å². The quantitative estimate of drug-likeness (QED) is 0.356. The van der Waals surface area contributed by atoms with Gasteiger partial charge < -0.3 is 29.7 Å². The predicted molar refractivity (Wildman–Crippen MR) is 181 cm³/mol. The Morgan fingerprint density at radius 1 is 0.918 bits per heavy atom. The number of ether oxygens (including phenoxy) is 2. The van der Waals surface area contributed by atoms with Gasteiger partial charge in [0.2, 0.25) is 17.7 Å². The lowest BCUT2D eigenvalue weighted by Crippen LogP contribution is -2.60. The monoisotopic (exact) mass is 667 g/mol. The summed E-state index contributed by atoms with van der Waals surface area (Å²) in [6.07, 6.45) is 11.8. The number of rotatable bonds is 6. The van der Waals surface area contributed by atoms with E-state index in [2.05, 4.69) is 5.32 Å². The van der Waals surface area contributed by atoms with Crippen LogP contribution in [0.25, 0.3) is 0 Å². The highest BCUT2D eigenvalue weighted by Gasteiger charge is 2.74. The third kappa shape index (κ3) is 6.32. The third-order valence-electron chi connectivity index (χ3n) is 11.0. The van der Waals surface area contributed by atoms with Crippen LogP contribution in [-0.2, 0) is 35.1 Å². The summed E-state index contributed by atoms with van der Waals surface area (Å²) in [4.78, 5) is 60.5. The second kappa shape index (κ2) is 14.3. The number of amides is 3. The van der Waals surface area contributed by atoms with Gasteiger partial charge >= 0.3 is 5.97 Å². The van der Waals surface area contributed by atoms with E-state index < -0.39 is 53.6 Å². The van der Waals surface area contributed by atoms with Gasteiger partial charge in [-0.3, -0.25) is 19.2 Å². The molecule has 49 heavy (non-hydrogen) atoms. The Bertz CT molecular complexity index is 1590. The summed E-state index contributed by atoms with van der Waals surface area (Å²) in [5, 5.41) is 13.8. The molecular weight excluding hydrogens is 622 g/mol. The number of allylic oxidation sites excluding steroid dienone is 1. The molecule has 7 atom stereocenters. The lowest BCUT2D eigenvalue weighted by Gasteiger charge is -2.42. The van der Waals surface area contributed by atoms with Crippen molar-refractivity contribution < 1.29 is 33.8 Å². The first-order valence-electron chi connectivity index (χ1n) is 17.7. The molecule has 0 aromatic heterocycles. The van der Waals surface area contributed by atoms with Gasteiger partial charge in [-0.1, -0.05) is 104 Å². The fraction of sp³-hybridized carbons (Fsp3) is 0.487. The lowest BCUT2D eigenvalue weighted by molar-refractivity contribution is -0.160. The number of hydrogen-bond acceptors (Lipinski definition) is 7. The highest BCUT2D eigenvalue weighted by molar-refractivity contribution is 5.99. The number of likely N-dealkylation sites (tertiary alicyclic amines) is 1. The first-order chi connectivity index (χ1) is 23.9. The predicted octanol–water partition coefficient (Wildman–Crippen LogP) is 3.65. The van der Waals surface area contributed by atoms with Crippen molar-refractivity contribution in [3.63, 3.8) is 0 Å². The maximum absolute atomic E-state index is 15.1. The molecule has 0 radical (unpaired) electrons. The maximum Gasteiger partial charge on any atom is 0.313 e. The maximum atomic E-state index is 15.1. The van der Waals surface area contributed by atoms with Crippen LogP contribution in [-0.4, -0.2) is 88.1 Å². The lowest BCUT2D eigenvalue weighted by atomic mass is 9.74. The molecule has 3 amide bonds. The molecule has 5 bridgehead atoms. The number of fused-ring (bicyclic) bond motifs is 2. The van der Waals surface area contributed by atoms with E-state index in [1.165, 1.54) is 4.90 Å². The zero-order valence-electron chi connectivity index (χ0n) is 27.7. The van der Waals surface area contributed by atoms with Gasteiger partial charge in [-0.2, -0.15) is 0 Å². The SMILES string of the molecule is O=C1CC/C=C\CN(C2CCCCC2)C(=O)[C@H]2N([C@@H](CO)Cc3ccccc3)C(=O)[C@@H]3[C@@H](C(=O)O[C@@H](c4ccccc4)CN1)[C@H]1C=C[C@]32O1. The second-order valence-corrected chi connectivity index (χ2v) is 13.9. The highest BCUT2D eigenvalue weighted by atomic mass is 16.6. The molecule has 2 aromatic rings. The van der Waals surface area contributed by atoms with Gasteiger partial charge in [-0.25, -0.2) is 0 Å². The van der Waals surface area contributed by atoms with E-state index in [1.54, 1.807) is 6.08 Å². The van der Waals surface area contributed by atoms with E-state index in [4.69, 9.17) is 9.47 Å². The summed E-state index contributed by atoms with van der Waals surface area (Å²) in [6.45, 7) is 0.0264. The van der Waals surface area contributed by atoms with Crippen LogP contribution < -0.4 is 5.32 Å². The number of nitrogens with one attached hydrogen (secondary N) is 1. The number of carbonyl (C=O) groups is 4. The zero-order valence-corrected chi connectivity index (χ0v) is 27.7. The van der Waals surface area contributed by atoms with Crippen LogP contribution in [0, 0.1) is 11.8 Å². The van der Waals surface area contributed by atoms with E-state index in [9.17, 15) is 19.5 Å². The van der Waals surface area contributed by atoms with Gasteiger partial charge in [-0.05, 0) is 36.8 Å². The number of hydrogen-bond donors (Lipinski definition) is 2. The Hall–Kier alpha value is -4.28. The van der Waals surface area contributed by atoms with E-state index in [1.807, 2.05) is 83.8 Å². The van der Waals surface area contributed by atoms with Gasteiger partial charge in [0, 0.05) is 19.0 Å². The molecule has 5 aliphatic rings. The number of aliphatic hydroxyl groups is 1. The summed E-state index contributed by atoms with van der Waals surface area (Å²) < 4.78 is 12.8. The summed E-state index contributed by atoms with van der Waals surface area (Å²) in [7, 11) is 0. The van der Waals surface area contributed by atoms with Crippen molar-refractivity contribution in [1.82, 2.24) is 15.1 Å². The van der Waals surface area contributed by atoms with Gasteiger partial charge in [-0.15, -0.1) is 0 Å². The van der Waals surface area contributed by atoms with Gasteiger partial charge in [0.15, 0.2) is 0 Å². The molecule has 1 spiro atoms. The van der Waals surface area contributed by atoms with E-state index >= 15 is 4.79 Å². The van der Waals surface area contributed by atoms with Crippen molar-refractivity contribution in [1.29, 1.82) is 0 Å². The average molecular weight is 668 g/mol. The van der Waals surface area contributed by atoms with Crippen LogP contribution in [0.3, 0.4) is 0 Å². The zero-order chi connectivity index (χ0) is 34.0. The highest BCUT2D eigenvalue weighted by Crippen LogP contribution is 2.56. The fourth-order valence-corrected chi connectivity index (χ4v) is 8.59. The first-order valence-corrected chi connectivity index (χ1v) is 17.7. The Labute approximate surface area is 287 Å². The van der Waals surface area contributed by atoms with Crippen molar-refractivity contribution in [2.75, 3.05) is 19.7 Å². The van der Waals surface area contributed by atoms with Crippen molar-refractivity contribution in [3.8, 4) is 0 Å². The summed E-state index contributed by atoms with van der Waals surface area (Å²) in [5.41, 5.74) is 0.233. The number of cyclic esters (lactones) is 1. The first kappa shape index (κ1) is 33.2. The number of nitrogens with zero attached hydrogens (tertiary/aromatic N) is 2. The van der Waals surface area contributed by atoms with Crippen molar-refractivity contribution in [2.45, 2.75) is 87.3 Å². The molecule has 2 aromatic carbocycles. The van der Waals surface area contributed by atoms with Crippen molar-refractivity contribution in [2.24, 2.45) is 11.8 Å². The molecule has 1 saturated carbocycles. The van der Waals surface area contributed by atoms with Crippen molar-refractivity contribution in [3.05, 3.63) is 96.1 Å². The fourth-order valence-electron chi connectivity index (χ4n) is 8.59. The molecule has 2 N–H and O–H groups in total. The standard InChI is InChI=1S/C39H45N3O7/c43-25-29(23-26-13-5-1-6-14-26)42-35-37(46)41(28-17-9-3-10-18-28)22-12-4-11-19-32(44)40-24-31(27-15-7-2-8-16-27)48-38(47)33-30-20-21-39(35,49-30)34(33)36(42)45/h1-2,4-8,12-16,20-21,28-31,33-35,43H,3,9-11,17-19,22-25H2,(H,40,44)/b12-4-/t29-,30-,31-,33+,34+,35-,39+/m1/s1. The van der Waals surface area contributed by atoms with Crippen LogP contribution in [0.2, 0.25) is 0 Å². The second-order valence-electron chi connectivity index (χ2n) is 13.9. The van der Waals surface area contributed by atoms with Crippen LogP contribution in [0.1, 0.15) is 62.2 Å². The summed E-state index contributed by atoms with van der Waals surface area (Å²) >= 11 is 0. The number of aliphatic hydroxyl groups excluding tert-OH is 1. The van der Waals surface area contributed by atoms with Gasteiger partial charge in [0.1, 0.15) is 23.7 Å². The Morgan fingerprint density at radius 3 is 2.39 bits per heavy atom. The molecule has 1 aliphatic carbocycles. The smallest absolute Gasteiger partial charge is 0.313 e. The largest absolute Gasteiger partial charge is 0.455 e. The molecule has 2 saturated heterocycles. The molecule has 3 fully saturated rings. The summed E-state index contributed by atoms with van der Waals surface area (Å²) in [6, 6.07) is 17.0. The molecule has 4 aliphatic heterocycles. The van der Waals surface area contributed by atoms with E-state index in [0.717, 1.165) is 37.7 Å². The summed E-state index contributed by atoms with van der Waals surface area (Å²) in [5.74, 6) is -3.46. The number of carbonyl (C=O) groups excluding carboxylic acids is 4. The Balaban J connectivity index is 1.31. The van der Waals surface area contributed by atoms with Crippen LogP contribution in [0.5, 0.6) is 0 Å². The van der Waals surface area contributed by atoms with E-state index in [-0.39, 0.29) is 37.4 Å². The molecule has 7 rings (SSSR count). The molecule has 4 heterocycles. The molecular formula is C39H45N3O7. The normalized spacial score (nSPS) is 32.1. The molecule has 10 nitrogen and oxygen atoms in total. The Morgan fingerprint density at radius 2 is 1.65 bits per heavy atom. The minimum Gasteiger partial charge on any atom is -0.455 e.